The molecule has 0 saturated heterocycles. The first-order valence-electron chi connectivity index (χ1n) is 9.70. The first kappa shape index (κ1) is 20.3. The molecule has 3 aromatic rings. The summed E-state index contributed by atoms with van der Waals surface area (Å²) in [7, 11) is 2.84. The maximum absolute atomic E-state index is 13.6. The zero-order chi connectivity index (χ0) is 22.1. The van der Waals surface area contributed by atoms with E-state index in [-0.39, 0.29) is 17.2 Å². The number of hydrogen-bond acceptors (Lipinski definition) is 5. The Bertz CT molecular complexity index is 1170. The summed E-state index contributed by atoms with van der Waals surface area (Å²) in [6.45, 7) is 1.94. The standard InChI is InChI=1S/C24H22N2O5/c1-14-7-6-8-15(13-14)26-22(25-18-10-5-4-9-16(18)23(26)27)17-11-12-19(30-2)21(31-3)20(17)24(28)29/h4-13,22,25H,1-3H3,(H,28,29)/t22-/m0/s1. The molecule has 0 bridgehead atoms. The average Bonchev–Trinajstić information content (AvgIpc) is 2.77. The quantitative estimate of drug-likeness (QED) is 0.635. The van der Waals surface area contributed by atoms with Gasteiger partial charge < -0.3 is 19.9 Å². The highest BCUT2D eigenvalue weighted by atomic mass is 16.5. The molecule has 0 saturated carbocycles. The molecule has 3 aromatic carbocycles. The molecule has 1 aliphatic rings. The number of carboxylic acids is 1. The van der Waals surface area contributed by atoms with Crippen LogP contribution in [-0.4, -0.2) is 31.2 Å². The number of aromatic carboxylic acids is 1. The molecule has 1 amide bonds. The fourth-order valence-corrected chi connectivity index (χ4v) is 3.91. The lowest BCUT2D eigenvalue weighted by molar-refractivity contribution is 0.0689. The Morgan fingerprint density at radius 2 is 1.81 bits per heavy atom. The average molecular weight is 418 g/mol. The lowest BCUT2D eigenvalue weighted by atomic mass is 9.97. The fraction of sp³-hybridized carbons (Fsp3) is 0.167. The summed E-state index contributed by atoms with van der Waals surface area (Å²) in [5.41, 5.74) is 3.10. The summed E-state index contributed by atoms with van der Waals surface area (Å²) in [6.07, 6.45) is -0.768. The van der Waals surface area contributed by atoms with E-state index < -0.39 is 12.1 Å². The molecular weight excluding hydrogens is 396 g/mol. The van der Waals surface area contributed by atoms with Gasteiger partial charge in [0, 0.05) is 16.9 Å². The predicted octanol–water partition coefficient (Wildman–Crippen LogP) is 4.48. The van der Waals surface area contributed by atoms with E-state index in [1.165, 1.54) is 14.2 Å². The van der Waals surface area contributed by atoms with Crippen molar-refractivity contribution in [3.8, 4) is 11.5 Å². The molecule has 1 aliphatic heterocycles. The number of nitrogens with zero attached hydrogens (tertiary/aromatic N) is 1. The molecule has 0 radical (unpaired) electrons. The second kappa shape index (κ2) is 8.02. The third-order valence-electron chi connectivity index (χ3n) is 5.29. The molecule has 1 atom stereocenters. The number of benzene rings is 3. The summed E-state index contributed by atoms with van der Waals surface area (Å²) < 4.78 is 10.7. The molecule has 1 heterocycles. The van der Waals surface area contributed by atoms with Crippen LogP contribution in [0.4, 0.5) is 11.4 Å². The number of carbonyl (C=O) groups is 2. The summed E-state index contributed by atoms with van der Waals surface area (Å²) in [4.78, 5) is 27.4. The molecule has 0 aromatic heterocycles. The predicted molar refractivity (Wildman–Crippen MR) is 117 cm³/mol. The molecule has 31 heavy (non-hydrogen) atoms. The van der Waals surface area contributed by atoms with Crippen LogP contribution in [0.2, 0.25) is 0 Å². The van der Waals surface area contributed by atoms with E-state index in [0.29, 0.717) is 28.3 Å². The maximum Gasteiger partial charge on any atom is 0.340 e. The Labute approximate surface area is 179 Å². The summed E-state index contributed by atoms with van der Waals surface area (Å²) in [5, 5.41) is 13.4. The molecule has 7 nitrogen and oxygen atoms in total. The Balaban J connectivity index is 1.97. The molecular formula is C24H22N2O5. The number of nitrogens with one attached hydrogen (secondary N) is 1. The highest BCUT2D eigenvalue weighted by Crippen LogP contribution is 2.42. The zero-order valence-electron chi connectivity index (χ0n) is 17.4. The van der Waals surface area contributed by atoms with Crippen LogP contribution in [0, 0.1) is 6.92 Å². The van der Waals surface area contributed by atoms with E-state index in [0.717, 1.165) is 5.56 Å². The highest BCUT2D eigenvalue weighted by Gasteiger charge is 2.37. The summed E-state index contributed by atoms with van der Waals surface area (Å²) in [6, 6.07) is 18.0. The van der Waals surface area contributed by atoms with Gasteiger partial charge in [-0.05, 0) is 42.8 Å². The van der Waals surface area contributed by atoms with Gasteiger partial charge in [0.25, 0.3) is 5.91 Å². The number of ether oxygens (including phenoxy) is 2. The third-order valence-corrected chi connectivity index (χ3v) is 5.29. The van der Waals surface area contributed by atoms with Crippen molar-refractivity contribution in [2.24, 2.45) is 0 Å². The number of carbonyl (C=O) groups excluding carboxylic acids is 1. The maximum atomic E-state index is 13.6. The van der Waals surface area contributed by atoms with Crippen LogP contribution in [-0.2, 0) is 0 Å². The minimum atomic E-state index is -1.18. The van der Waals surface area contributed by atoms with E-state index in [4.69, 9.17) is 9.47 Å². The van der Waals surface area contributed by atoms with E-state index in [2.05, 4.69) is 5.32 Å². The van der Waals surface area contributed by atoms with Gasteiger partial charge in [-0.2, -0.15) is 0 Å². The van der Waals surface area contributed by atoms with Gasteiger partial charge in [0.05, 0.1) is 19.8 Å². The van der Waals surface area contributed by atoms with Crippen LogP contribution in [0.25, 0.3) is 0 Å². The lowest BCUT2D eigenvalue weighted by Gasteiger charge is -2.39. The highest BCUT2D eigenvalue weighted by molar-refractivity contribution is 6.12. The molecule has 0 spiro atoms. The monoisotopic (exact) mass is 418 g/mol. The van der Waals surface area contributed by atoms with Gasteiger partial charge in [-0.25, -0.2) is 4.79 Å². The van der Waals surface area contributed by atoms with Gasteiger partial charge in [-0.1, -0.05) is 30.3 Å². The van der Waals surface area contributed by atoms with E-state index in [9.17, 15) is 14.7 Å². The Kier molecular flexibility index (Phi) is 5.25. The van der Waals surface area contributed by atoms with Crippen molar-refractivity contribution in [3.63, 3.8) is 0 Å². The third kappa shape index (κ3) is 3.44. The second-order valence-electron chi connectivity index (χ2n) is 7.18. The van der Waals surface area contributed by atoms with Crippen molar-refractivity contribution in [2.75, 3.05) is 24.4 Å². The minimum absolute atomic E-state index is 0.0656. The number of hydrogen-bond donors (Lipinski definition) is 2. The second-order valence-corrected chi connectivity index (χ2v) is 7.18. The van der Waals surface area contributed by atoms with Gasteiger partial charge >= 0.3 is 5.97 Å². The molecule has 158 valence electrons. The number of amides is 1. The van der Waals surface area contributed by atoms with Crippen molar-refractivity contribution < 1.29 is 24.2 Å². The van der Waals surface area contributed by atoms with E-state index >= 15 is 0 Å². The van der Waals surface area contributed by atoms with Crippen LogP contribution >= 0.6 is 0 Å². The van der Waals surface area contributed by atoms with E-state index in [1.54, 1.807) is 35.2 Å². The van der Waals surface area contributed by atoms with Gasteiger partial charge in [0.1, 0.15) is 11.7 Å². The zero-order valence-corrected chi connectivity index (χ0v) is 17.4. The van der Waals surface area contributed by atoms with Gasteiger partial charge in [-0.3, -0.25) is 9.69 Å². The topological polar surface area (TPSA) is 88.1 Å². The van der Waals surface area contributed by atoms with Crippen LogP contribution in [0.15, 0.2) is 60.7 Å². The van der Waals surface area contributed by atoms with E-state index in [1.807, 2.05) is 37.3 Å². The Morgan fingerprint density at radius 1 is 1.03 bits per heavy atom. The van der Waals surface area contributed by atoms with Crippen LogP contribution in [0.5, 0.6) is 11.5 Å². The largest absolute Gasteiger partial charge is 0.493 e. The van der Waals surface area contributed by atoms with Crippen LogP contribution in [0.1, 0.15) is 38.0 Å². The van der Waals surface area contributed by atoms with Crippen molar-refractivity contribution in [2.45, 2.75) is 13.1 Å². The normalized spacial score (nSPS) is 15.1. The Morgan fingerprint density at radius 3 is 2.48 bits per heavy atom. The van der Waals surface area contributed by atoms with Gasteiger partial charge in [0.2, 0.25) is 0 Å². The molecule has 7 heteroatoms. The number of rotatable bonds is 5. The summed E-state index contributed by atoms with van der Waals surface area (Å²) in [5.74, 6) is -1.00. The van der Waals surface area contributed by atoms with Crippen molar-refractivity contribution in [1.29, 1.82) is 0 Å². The molecule has 2 N–H and O–H groups in total. The number of methoxy groups -OCH3 is 2. The van der Waals surface area contributed by atoms with Crippen LogP contribution < -0.4 is 19.7 Å². The van der Waals surface area contributed by atoms with Crippen LogP contribution in [0.3, 0.4) is 0 Å². The molecule has 4 rings (SSSR count). The first-order chi connectivity index (χ1) is 15.0. The van der Waals surface area contributed by atoms with Crippen molar-refractivity contribution >= 4 is 23.3 Å². The molecule has 0 aliphatic carbocycles. The summed E-state index contributed by atoms with van der Waals surface area (Å²) >= 11 is 0. The number of anilines is 2. The molecule has 0 unspecified atom stereocenters. The number of carboxylic acid groups (broad SMARTS) is 1. The van der Waals surface area contributed by atoms with Gasteiger partial charge in [0.15, 0.2) is 11.5 Å². The minimum Gasteiger partial charge on any atom is -0.493 e. The number of fused-ring (bicyclic) bond motifs is 1. The number of para-hydroxylation sites is 1. The smallest absolute Gasteiger partial charge is 0.340 e. The van der Waals surface area contributed by atoms with Gasteiger partial charge in [-0.15, -0.1) is 0 Å². The fourth-order valence-electron chi connectivity index (χ4n) is 3.91. The Hall–Kier alpha value is -4.00. The van der Waals surface area contributed by atoms with Crippen molar-refractivity contribution in [3.05, 3.63) is 82.9 Å². The SMILES string of the molecule is COc1ccc([C@H]2Nc3ccccc3C(=O)N2c2cccc(C)c2)c(C(=O)O)c1OC. The molecule has 0 fully saturated rings. The number of aryl methyl sites for hydroxylation is 1. The first-order valence-corrected chi connectivity index (χ1v) is 9.70. The lowest BCUT2D eigenvalue weighted by Crippen LogP contribution is -2.43. The van der Waals surface area contributed by atoms with Crippen molar-refractivity contribution in [1.82, 2.24) is 0 Å².